The van der Waals surface area contributed by atoms with E-state index in [1.54, 1.807) is 0 Å². The molecular formula is C12H15FN2O2. The zero-order valence-electron chi connectivity index (χ0n) is 9.53. The van der Waals surface area contributed by atoms with Gasteiger partial charge in [-0.15, -0.1) is 0 Å². The van der Waals surface area contributed by atoms with Crippen molar-refractivity contribution in [1.82, 2.24) is 0 Å². The van der Waals surface area contributed by atoms with Crippen LogP contribution in [0.5, 0.6) is 0 Å². The molecule has 0 aromatic heterocycles. The number of allylic oxidation sites excluding steroid dienone is 1. The third-order valence-electron chi connectivity index (χ3n) is 2.23. The summed E-state index contributed by atoms with van der Waals surface area (Å²) >= 11 is 0. The number of hydrogen-bond acceptors (Lipinski definition) is 3. The number of aromatic carboxylic acids is 1. The fourth-order valence-corrected chi connectivity index (χ4v) is 1.36. The van der Waals surface area contributed by atoms with Gasteiger partial charge in [-0.25, -0.2) is 9.18 Å². The van der Waals surface area contributed by atoms with Crippen LogP contribution in [0, 0.1) is 5.82 Å². The number of hydrogen-bond donors (Lipinski definition) is 3. The van der Waals surface area contributed by atoms with Crippen molar-refractivity contribution in [3.05, 3.63) is 35.7 Å². The summed E-state index contributed by atoms with van der Waals surface area (Å²) in [6.07, 6.45) is 4.67. The number of nitrogens with one attached hydrogen (secondary N) is 1. The maximum absolute atomic E-state index is 13.4. The molecule has 4 N–H and O–H groups in total. The van der Waals surface area contributed by atoms with Crippen LogP contribution in [0.3, 0.4) is 0 Å². The molecule has 0 bridgehead atoms. The van der Waals surface area contributed by atoms with Gasteiger partial charge >= 0.3 is 5.97 Å². The van der Waals surface area contributed by atoms with Crippen molar-refractivity contribution in [2.75, 3.05) is 17.6 Å². The first-order chi connectivity index (χ1) is 8.06. The molecule has 1 aromatic rings. The first-order valence-electron chi connectivity index (χ1n) is 5.23. The quantitative estimate of drug-likeness (QED) is 0.418. The molecule has 0 atom stereocenters. The maximum Gasteiger partial charge on any atom is 0.338 e. The van der Waals surface area contributed by atoms with Crippen molar-refractivity contribution in [2.45, 2.75) is 13.3 Å². The van der Waals surface area contributed by atoms with Gasteiger partial charge in [-0.2, -0.15) is 0 Å². The highest BCUT2D eigenvalue weighted by atomic mass is 19.1. The van der Waals surface area contributed by atoms with Gasteiger partial charge in [-0.1, -0.05) is 12.2 Å². The molecule has 0 saturated heterocycles. The molecule has 0 unspecified atom stereocenters. The number of nitrogens with two attached hydrogens (primary N) is 1. The lowest BCUT2D eigenvalue weighted by atomic mass is 10.1. The minimum atomic E-state index is -1.32. The van der Waals surface area contributed by atoms with Crippen molar-refractivity contribution in [2.24, 2.45) is 0 Å². The highest BCUT2D eigenvalue weighted by Crippen LogP contribution is 2.23. The molecule has 0 radical (unpaired) electrons. The smallest absolute Gasteiger partial charge is 0.338 e. The molecule has 1 aromatic carbocycles. The molecule has 0 amide bonds. The Labute approximate surface area is 98.9 Å². The van der Waals surface area contributed by atoms with Crippen LogP contribution >= 0.6 is 0 Å². The molecule has 0 aliphatic carbocycles. The number of benzene rings is 1. The van der Waals surface area contributed by atoms with Gasteiger partial charge < -0.3 is 16.2 Å². The molecular weight excluding hydrogens is 223 g/mol. The molecule has 0 heterocycles. The van der Waals surface area contributed by atoms with Crippen molar-refractivity contribution < 1.29 is 14.3 Å². The first-order valence-corrected chi connectivity index (χ1v) is 5.23. The Hall–Kier alpha value is -2.04. The van der Waals surface area contributed by atoms with E-state index in [9.17, 15) is 9.18 Å². The predicted molar refractivity (Wildman–Crippen MR) is 65.7 cm³/mol. The molecule has 0 aliphatic heterocycles. The van der Waals surface area contributed by atoms with E-state index in [0.717, 1.165) is 18.6 Å². The average Bonchev–Trinajstić information content (AvgIpc) is 2.28. The Morgan fingerprint density at radius 3 is 2.88 bits per heavy atom. The summed E-state index contributed by atoms with van der Waals surface area (Å²) in [6.45, 7) is 2.52. The predicted octanol–water partition coefficient (Wildman–Crippen LogP) is 2.48. The van der Waals surface area contributed by atoms with Crippen LogP contribution in [0.15, 0.2) is 24.3 Å². The number of anilines is 2. The molecule has 0 fully saturated rings. The molecule has 5 heteroatoms. The average molecular weight is 238 g/mol. The number of carboxylic acid groups (broad SMARTS) is 1. The number of carboxylic acids is 1. The third kappa shape index (κ3) is 3.48. The van der Waals surface area contributed by atoms with E-state index in [1.165, 1.54) is 0 Å². The van der Waals surface area contributed by atoms with Gasteiger partial charge in [-0.3, -0.25) is 0 Å². The van der Waals surface area contributed by atoms with Gasteiger partial charge in [0, 0.05) is 6.54 Å². The molecule has 1 rings (SSSR count). The van der Waals surface area contributed by atoms with Crippen LogP contribution in [0.2, 0.25) is 0 Å². The van der Waals surface area contributed by atoms with Gasteiger partial charge in [-0.05, 0) is 25.5 Å². The van der Waals surface area contributed by atoms with Gasteiger partial charge in [0.05, 0.1) is 16.9 Å². The lowest BCUT2D eigenvalue weighted by molar-refractivity contribution is 0.0692. The van der Waals surface area contributed by atoms with Crippen LogP contribution in [0.4, 0.5) is 15.8 Å². The van der Waals surface area contributed by atoms with Crippen molar-refractivity contribution in [1.29, 1.82) is 0 Å². The minimum absolute atomic E-state index is 0.226. The van der Waals surface area contributed by atoms with Gasteiger partial charge in [0.2, 0.25) is 0 Å². The van der Waals surface area contributed by atoms with E-state index in [4.69, 9.17) is 10.8 Å². The fourth-order valence-electron chi connectivity index (χ4n) is 1.36. The van der Waals surface area contributed by atoms with Crippen molar-refractivity contribution >= 4 is 17.3 Å². The highest BCUT2D eigenvalue weighted by Gasteiger charge is 2.13. The Morgan fingerprint density at radius 1 is 1.59 bits per heavy atom. The van der Waals surface area contributed by atoms with Crippen LogP contribution < -0.4 is 11.1 Å². The molecule has 92 valence electrons. The lowest BCUT2D eigenvalue weighted by Gasteiger charge is -2.09. The number of rotatable bonds is 5. The van der Waals surface area contributed by atoms with E-state index in [0.29, 0.717) is 12.2 Å². The Bertz CT molecular complexity index is 444. The highest BCUT2D eigenvalue weighted by molar-refractivity contribution is 5.90. The maximum atomic E-state index is 13.4. The molecule has 0 saturated carbocycles. The van der Waals surface area contributed by atoms with Crippen LogP contribution in [-0.2, 0) is 0 Å². The zero-order chi connectivity index (χ0) is 12.8. The van der Waals surface area contributed by atoms with Crippen LogP contribution in [-0.4, -0.2) is 17.6 Å². The Kier molecular flexibility index (Phi) is 4.51. The summed E-state index contributed by atoms with van der Waals surface area (Å²) < 4.78 is 13.4. The lowest BCUT2D eigenvalue weighted by Crippen LogP contribution is -2.07. The SMILES string of the molecule is C/C=C/CCNc1cc(F)c(C(=O)O)cc1N. The van der Waals surface area contributed by atoms with E-state index < -0.39 is 17.3 Å². The molecule has 0 aliphatic rings. The summed E-state index contributed by atoms with van der Waals surface area (Å²) in [5.74, 6) is -2.12. The third-order valence-corrected chi connectivity index (χ3v) is 2.23. The summed E-state index contributed by atoms with van der Waals surface area (Å²) in [7, 11) is 0. The normalized spacial score (nSPS) is 10.7. The molecule has 4 nitrogen and oxygen atoms in total. The van der Waals surface area contributed by atoms with Gasteiger partial charge in [0.25, 0.3) is 0 Å². The fraction of sp³-hybridized carbons (Fsp3) is 0.250. The topological polar surface area (TPSA) is 75.3 Å². The Morgan fingerprint density at radius 2 is 2.29 bits per heavy atom. The Balaban J connectivity index is 2.81. The van der Waals surface area contributed by atoms with Crippen LogP contribution in [0.25, 0.3) is 0 Å². The first kappa shape index (κ1) is 13.0. The van der Waals surface area contributed by atoms with E-state index in [2.05, 4.69) is 5.32 Å². The second-order valence-corrected chi connectivity index (χ2v) is 3.51. The number of nitrogen functional groups attached to an aromatic ring is 1. The van der Waals surface area contributed by atoms with Crippen molar-refractivity contribution in [3.63, 3.8) is 0 Å². The number of carbonyl (C=O) groups is 1. The summed E-state index contributed by atoms with van der Waals surface area (Å²) in [6, 6.07) is 2.23. The largest absolute Gasteiger partial charge is 0.478 e. The molecule has 0 spiro atoms. The van der Waals surface area contributed by atoms with E-state index >= 15 is 0 Å². The second-order valence-electron chi connectivity index (χ2n) is 3.51. The molecule has 17 heavy (non-hydrogen) atoms. The zero-order valence-corrected chi connectivity index (χ0v) is 9.53. The second kappa shape index (κ2) is 5.89. The minimum Gasteiger partial charge on any atom is -0.478 e. The summed E-state index contributed by atoms with van der Waals surface area (Å²) in [5, 5.41) is 11.6. The van der Waals surface area contributed by atoms with Crippen LogP contribution in [0.1, 0.15) is 23.7 Å². The van der Waals surface area contributed by atoms with Crippen molar-refractivity contribution in [3.8, 4) is 0 Å². The van der Waals surface area contributed by atoms with Gasteiger partial charge in [0.1, 0.15) is 5.82 Å². The monoisotopic (exact) mass is 238 g/mol. The van der Waals surface area contributed by atoms with E-state index in [1.807, 2.05) is 19.1 Å². The van der Waals surface area contributed by atoms with Gasteiger partial charge in [0.15, 0.2) is 0 Å². The summed E-state index contributed by atoms with van der Waals surface area (Å²) in [4.78, 5) is 10.7. The number of halogens is 1. The summed E-state index contributed by atoms with van der Waals surface area (Å²) in [5.41, 5.74) is 5.86. The standard InChI is InChI=1S/C12H15FN2O2/c1-2-3-4-5-15-11-7-9(13)8(12(16)17)6-10(11)14/h2-3,6-7,15H,4-5,14H2,1H3,(H,16,17)/b3-2+. The van der Waals surface area contributed by atoms with E-state index in [-0.39, 0.29) is 5.69 Å².